The van der Waals surface area contributed by atoms with Crippen LogP contribution in [-0.2, 0) is 6.18 Å². The van der Waals surface area contributed by atoms with Gasteiger partial charge in [-0.1, -0.05) is 12.1 Å². The molecule has 0 atom stereocenters. The smallest absolute Gasteiger partial charge is 0.418 e. The van der Waals surface area contributed by atoms with Crippen LogP contribution in [0.15, 0.2) is 42.6 Å². The number of rotatable bonds is 3. The predicted octanol–water partition coefficient (Wildman–Crippen LogP) is 3.57. The number of aromatic nitrogens is 2. The van der Waals surface area contributed by atoms with Crippen molar-refractivity contribution < 1.29 is 22.7 Å². The first-order chi connectivity index (χ1) is 12.4. The average molecular weight is 366 g/mol. The van der Waals surface area contributed by atoms with E-state index in [0.717, 1.165) is 6.07 Å². The molecule has 138 valence electrons. The van der Waals surface area contributed by atoms with Crippen molar-refractivity contribution in [2.24, 2.45) is 0 Å². The van der Waals surface area contributed by atoms with Crippen molar-refractivity contribution in [3.8, 4) is 5.88 Å². The highest BCUT2D eigenvalue weighted by Gasteiger charge is 2.34. The second-order valence-electron chi connectivity index (χ2n) is 5.84. The minimum absolute atomic E-state index is 0.113. The lowest BCUT2D eigenvalue weighted by molar-refractivity contribution is -0.136. The van der Waals surface area contributed by atoms with Crippen LogP contribution in [0, 0.1) is 0 Å². The Balaban J connectivity index is 1.56. The highest BCUT2D eigenvalue weighted by atomic mass is 19.4. The fraction of sp³-hybridized carbons (Fsp3) is 0.353. The number of hydrogen-bond donors (Lipinski definition) is 1. The zero-order valence-electron chi connectivity index (χ0n) is 13.7. The molecule has 1 saturated heterocycles. The van der Waals surface area contributed by atoms with Gasteiger partial charge in [-0.3, -0.25) is 0 Å². The summed E-state index contributed by atoms with van der Waals surface area (Å²) in [4.78, 5) is 13.8. The molecule has 2 amide bonds. The minimum Gasteiger partial charge on any atom is -0.473 e. The van der Waals surface area contributed by atoms with Gasteiger partial charge in [-0.05, 0) is 18.2 Å². The van der Waals surface area contributed by atoms with Gasteiger partial charge in [-0.25, -0.2) is 4.79 Å². The molecule has 0 aliphatic carbocycles. The molecule has 2 aromatic rings. The number of piperidine rings is 1. The van der Waals surface area contributed by atoms with Crippen molar-refractivity contribution in [2.45, 2.75) is 25.1 Å². The van der Waals surface area contributed by atoms with E-state index >= 15 is 0 Å². The molecular weight excluding hydrogens is 349 g/mol. The number of nitrogens with one attached hydrogen (secondary N) is 1. The molecule has 0 saturated carbocycles. The number of anilines is 1. The Hall–Kier alpha value is -2.84. The molecule has 1 aliphatic rings. The summed E-state index contributed by atoms with van der Waals surface area (Å²) in [6, 6.07) is 7.77. The number of carbonyl (C=O) groups excluding carboxylic acids is 1. The summed E-state index contributed by atoms with van der Waals surface area (Å²) < 4.78 is 44.7. The topological polar surface area (TPSA) is 67.4 Å². The molecule has 1 aliphatic heterocycles. The third-order valence-electron chi connectivity index (χ3n) is 4.04. The van der Waals surface area contributed by atoms with Crippen molar-refractivity contribution in [2.75, 3.05) is 18.4 Å². The Bertz CT molecular complexity index is 747. The fourth-order valence-corrected chi connectivity index (χ4v) is 2.73. The largest absolute Gasteiger partial charge is 0.473 e. The molecule has 0 bridgehead atoms. The first-order valence-corrected chi connectivity index (χ1v) is 8.10. The predicted molar refractivity (Wildman–Crippen MR) is 87.7 cm³/mol. The van der Waals surface area contributed by atoms with Gasteiger partial charge in [0, 0.05) is 38.2 Å². The van der Waals surface area contributed by atoms with Crippen LogP contribution in [0.4, 0.5) is 23.7 Å². The van der Waals surface area contributed by atoms with Crippen LogP contribution >= 0.6 is 0 Å². The Morgan fingerprint density at radius 3 is 2.54 bits per heavy atom. The molecule has 1 aromatic carbocycles. The summed E-state index contributed by atoms with van der Waals surface area (Å²) in [5, 5.41) is 9.93. The molecule has 0 radical (unpaired) electrons. The van der Waals surface area contributed by atoms with E-state index in [2.05, 4.69) is 15.5 Å². The number of halogens is 3. The van der Waals surface area contributed by atoms with E-state index in [4.69, 9.17) is 4.74 Å². The SMILES string of the molecule is O=C(Nc1ccccc1C(F)(F)F)N1CCC(Oc2cccnn2)CC1. The molecule has 3 rings (SSSR count). The number of urea groups is 1. The third kappa shape index (κ3) is 4.41. The zero-order chi connectivity index (χ0) is 18.6. The number of carbonyl (C=O) groups is 1. The van der Waals surface area contributed by atoms with Gasteiger partial charge in [-0.2, -0.15) is 18.3 Å². The standard InChI is InChI=1S/C17H17F3N4O2/c18-17(19,20)13-4-1-2-5-14(13)22-16(25)24-10-7-12(8-11-24)26-15-6-3-9-21-23-15/h1-6,9,12H,7-8,10-11H2,(H,22,25). The second-order valence-corrected chi connectivity index (χ2v) is 5.84. The number of amides is 2. The monoisotopic (exact) mass is 366 g/mol. The van der Waals surface area contributed by atoms with E-state index in [0.29, 0.717) is 31.8 Å². The number of para-hydroxylation sites is 1. The van der Waals surface area contributed by atoms with E-state index in [1.807, 2.05) is 0 Å². The lowest BCUT2D eigenvalue weighted by Gasteiger charge is -2.32. The summed E-state index contributed by atoms with van der Waals surface area (Å²) in [6.07, 6.45) is -1.98. The van der Waals surface area contributed by atoms with Gasteiger partial charge in [-0.15, -0.1) is 5.10 Å². The molecule has 0 unspecified atom stereocenters. The van der Waals surface area contributed by atoms with Crippen LogP contribution in [-0.4, -0.2) is 40.3 Å². The quantitative estimate of drug-likeness (QED) is 0.902. The van der Waals surface area contributed by atoms with Crippen molar-refractivity contribution in [1.82, 2.24) is 15.1 Å². The van der Waals surface area contributed by atoms with Crippen molar-refractivity contribution in [3.05, 3.63) is 48.2 Å². The van der Waals surface area contributed by atoms with Gasteiger partial charge in [0.2, 0.25) is 5.88 Å². The van der Waals surface area contributed by atoms with E-state index < -0.39 is 17.8 Å². The maximum atomic E-state index is 13.0. The molecule has 6 nitrogen and oxygen atoms in total. The molecule has 26 heavy (non-hydrogen) atoms. The molecule has 1 aromatic heterocycles. The van der Waals surface area contributed by atoms with Crippen LogP contribution in [0.1, 0.15) is 18.4 Å². The highest BCUT2D eigenvalue weighted by molar-refractivity contribution is 5.90. The minimum atomic E-state index is -4.53. The lowest BCUT2D eigenvalue weighted by atomic mass is 10.1. The summed E-state index contributed by atoms with van der Waals surface area (Å²) in [6.45, 7) is 0.760. The zero-order valence-corrected chi connectivity index (χ0v) is 13.7. The van der Waals surface area contributed by atoms with Crippen molar-refractivity contribution in [1.29, 1.82) is 0 Å². The van der Waals surface area contributed by atoms with Crippen LogP contribution in [0.5, 0.6) is 5.88 Å². The first kappa shape index (κ1) is 18.0. The Morgan fingerprint density at radius 1 is 1.15 bits per heavy atom. The average Bonchev–Trinajstić information content (AvgIpc) is 2.63. The molecular formula is C17H17F3N4O2. The first-order valence-electron chi connectivity index (χ1n) is 8.10. The Morgan fingerprint density at radius 2 is 1.88 bits per heavy atom. The maximum absolute atomic E-state index is 13.0. The lowest BCUT2D eigenvalue weighted by Crippen LogP contribution is -2.44. The molecule has 0 spiro atoms. The number of benzene rings is 1. The van der Waals surface area contributed by atoms with Gasteiger partial charge in [0.05, 0.1) is 11.3 Å². The van der Waals surface area contributed by atoms with Crippen molar-refractivity contribution in [3.63, 3.8) is 0 Å². The van der Waals surface area contributed by atoms with Gasteiger partial charge in [0.25, 0.3) is 0 Å². The summed E-state index contributed by atoms with van der Waals surface area (Å²) in [5.41, 5.74) is -1.11. The van der Waals surface area contributed by atoms with E-state index in [1.165, 1.54) is 23.1 Å². The third-order valence-corrected chi connectivity index (χ3v) is 4.04. The number of nitrogens with zero attached hydrogens (tertiary/aromatic N) is 3. The van der Waals surface area contributed by atoms with Crippen LogP contribution in [0.3, 0.4) is 0 Å². The number of ether oxygens (including phenoxy) is 1. The van der Waals surface area contributed by atoms with Crippen molar-refractivity contribution >= 4 is 11.7 Å². The molecule has 1 N–H and O–H groups in total. The summed E-state index contributed by atoms with van der Waals surface area (Å²) in [5.74, 6) is 0.412. The highest BCUT2D eigenvalue weighted by Crippen LogP contribution is 2.34. The second kappa shape index (κ2) is 7.59. The Labute approximate surface area is 148 Å². The van der Waals surface area contributed by atoms with Gasteiger partial charge in [0.1, 0.15) is 6.10 Å². The van der Waals surface area contributed by atoms with Crippen LogP contribution < -0.4 is 10.1 Å². The number of hydrogen-bond acceptors (Lipinski definition) is 4. The molecule has 2 heterocycles. The summed E-state index contributed by atoms with van der Waals surface area (Å²) in [7, 11) is 0. The fourth-order valence-electron chi connectivity index (χ4n) is 2.73. The normalized spacial score (nSPS) is 15.6. The van der Waals surface area contributed by atoms with Gasteiger partial charge in [0.15, 0.2) is 0 Å². The van der Waals surface area contributed by atoms with Gasteiger partial charge < -0.3 is 15.0 Å². The van der Waals surface area contributed by atoms with Crippen LogP contribution in [0.2, 0.25) is 0 Å². The Kier molecular flexibility index (Phi) is 5.24. The van der Waals surface area contributed by atoms with Crippen LogP contribution in [0.25, 0.3) is 0 Å². The maximum Gasteiger partial charge on any atom is 0.418 e. The van der Waals surface area contributed by atoms with E-state index in [-0.39, 0.29) is 11.8 Å². The van der Waals surface area contributed by atoms with E-state index in [9.17, 15) is 18.0 Å². The molecule has 9 heteroatoms. The van der Waals surface area contributed by atoms with E-state index in [1.54, 1.807) is 18.3 Å². The number of likely N-dealkylation sites (tertiary alicyclic amines) is 1. The number of alkyl halides is 3. The summed E-state index contributed by atoms with van der Waals surface area (Å²) >= 11 is 0. The van der Waals surface area contributed by atoms with Gasteiger partial charge >= 0.3 is 12.2 Å². The molecule has 1 fully saturated rings.